The number of nitrogens with zero attached hydrogens (tertiary/aromatic N) is 1. The second-order valence-electron chi connectivity index (χ2n) is 6.44. The van der Waals surface area contributed by atoms with Crippen LogP contribution in [-0.2, 0) is 9.59 Å². The summed E-state index contributed by atoms with van der Waals surface area (Å²) in [5, 5.41) is 9.11. The summed E-state index contributed by atoms with van der Waals surface area (Å²) in [6, 6.07) is 5.38. The second kappa shape index (κ2) is 5.25. The van der Waals surface area contributed by atoms with E-state index in [2.05, 4.69) is 0 Å². The van der Waals surface area contributed by atoms with Gasteiger partial charge in [0.05, 0.1) is 11.3 Å². The van der Waals surface area contributed by atoms with E-state index in [9.17, 15) is 22.8 Å². The molecule has 1 aliphatic carbocycles. The van der Waals surface area contributed by atoms with E-state index in [1.165, 1.54) is 29.2 Å². The van der Waals surface area contributed by atoms with Crippen molar-refractivity contribution in [1.29, 1.82) is 0 Å². The Kier molecular flexibility index (Phi) is 3.61. The molecule has 0 radical (unpaired) electrons. The molecule has 1 aromatic rings. The van der Waals surface area contributed by atoms with E-state index in [1.807, 2.05) is 0 Å². The molecule has 1 N–H and O–H groups in total. The fraction of sp³-hybridized carbons (Fsp3) is 0.500. The summed E-state index contributed by atoms with van der Waals surface area (Å²) in [6.07, 6.45) is -1.32. The van der Waals surface area contributed by atoms with Crippen LogP contribution in [0.4, 0.5) is 18.9 Å². The number of rotatable bonds is 2. The highest BCUT2D eigenvalue weighted by Gasteiger charge is 2.58. The molecule has 0 bridgehead atoms. The summed E-state index contributed by atoms with van der Waals surface area (Å²) in [5.74, 6) is -6.78. The maximum Gasteiger partial charge on any atom is 0.306 e. The minimum absolute atomic E-state index is 0.0947. The molecule has 1 aromatic carbocycles. The number of hydrogen-bond donors (Lipinski definition) is 1. The van der Waals surface area contributed by atoms with Gasteiger partial charge in [-0.25, -0.2) is 13.2 Å². The van der Waals surface area contributed by atoms with Crippen molar-refractivity contribution in [1.82, 2.24) is 0 Å². The molecule has 1 aliphatic heterocycles. The summed E-state index contributed by atoms with van der Waals surface area (Å²) >= 11 is 0. The van der Waals surface area contributed by atoms with Crippen molar-refractivity contribution in [2.24, 2.45) is 11.3 Å². The molecular weight excluding hydrogens is 311 g/mol. The molecule has 1 amide bonds. The number of carboxylic acid groups (broad SMARTS) is 1. The molecule has 2 atom stereocenters. The Morgan fingerprint density at radius 1 is 1.30 bits per heavy atom. The Hall–Kier alpha value is -2.05. The number of carboxylic acids is 1. The van der Waals surface area contributed by atoms with Gasteiger partial charge in [-0.05, 0) is 31.0 Å². The molecule has 1 saturated heterocycles. The maximum atomic E-state index is 14.0. The molecule has 0 unspecified atom stereocenters. The highest BCUT2D eigenvalue weighted by molar-refractivity contribution is 6.00. The van der Waals surface area contributed by atoms with Crippen molar-refractivity contribution >= 4 is 17.6 Å². The Labute approximate surface area is 130 Å². The predicted octanol–water partition coefficient (Wildman–Crippen LogP) is 3.07. The SMILES string of the molecule is O=C(O)[C@@H]1CC(F)(F)C[C@@]2(CCN(c3cccc(F)c3)C2=O)C1. The van der Waals surface area contributed by atoms with E-state index in [0.717, 1.165) is 0 Å². The van der Waals surface area contributed by atoms with Gasteiger partial charge >= 0.3 is 5.97 Å². The molecule has 2 fully saturated rings. The topological polar surface area (TPSA) is 57.6 Å². The number of carbonyl (C=O) groups is 2. The first-order valence-electron chi connectivity index (χ1n) is 7.41. The van der Waals surface area contributed by atoms with Gasteiger partial charge in [0.15, 0.2) is 0 Å². The number of halogens is 3. The first-order valence-corrected chi connectivity index (χ1v) is 7.41. The van der Waals surface area contributed by atoms with Crippen molar-refractivity contribution in [3.8, 4) is 0 Å². The van der Waals surface area contributed by atoms with Crippen LogP contribution in [0.2, 0.25) is 0 Å². The third-order valence-electron chi connectivity index (χ3n) is 4.76. The van der Waals surface area contributed by atoms with Crippen molar-refractivity contribution in [3.63, 3.8) is 0 Å². The number of aliphatic carboxylic acids is 1. The first kappa shape index (κ1) is 15.8. The lowest BCUT2D eigenvalue weighted by Gasteiger charge is -2.39. The molecule has 3 rings (SSSR count). The van der Waals surface area contributed by atoms with Crippen LogP contribution in [0, 0.1) is 17.2 Å². The standard InChI is InChI=1S/C16H16F3NO3/c17-11-2-1-3-12(6-11)20-5-4-15(14(20)23)7-10(13(21)22)8-16(18,19)9-15/h1-3,6,10H,4-5,7-9H2,(H,21,22)/t10-,15+/m0/s1. The van der Waals surface area contributed by atoms with Gasteiger partial charge < -0.3 is 10.0 Å². The molecule has 7 heteroatoms. The monoisotopic (exact) mass is 327 g/mol. The average molecular weight is 327 g/mol. The Morgan fingerprint density at radius 3 is 2.70 bits per heavy atom. The zero-order chi connectivity index (χ0) is 16.8. The van der Waals surface area contributed by atoms with Crippen LogP contribution >= 0.6 is 0 Å². The molecule has 0 aromatic heterocycles. The fourth-order valence-corrected chi connectivity index (χ4v) is 3.78. The smallest absolute Gasteiger partial charge is 0.306 e. The minimum atomic E-state index is -3.19. The molecule has 1 spiro atoms. The average Bonchev–Trinajstić information content (AvgIpc) is 2.74. The van der Waals surface area contributed by atoms with E-state index < -0.39 is 47.8 Å². The van der Waals surface area contributed by atoms with Crippen LogP contribution in [0.25, 0.3) is 0 Å². The quantitative estimate of drug-likeness (QED) is 0.908. The van der Waals surface area contributed by atoms with E-state index in [1.54, 1.807) is 0 Å². The lowest BCUT2D eigenvalue weighted by molar-refractivity contribution is -0.160. The van der Waals surface area contributed by atoms with Crippen LogP contribution in [-0.4, -0.2) is 29.5 Å². The molecule has 1 heterocycles. The van der Waals surface area contributed by atoms with E-state index in [-0.39, 0.29) is 19.4 Å². The van der Waals surface area contributed by atoms with Crippen molar-refractivity contribution in [2.75, 3.05) is 11.4 Å². The Bertz CT molecular complexity index is 664. The Balaban J connectivity index is 1.91. The molecule has 2 aliphatic rings. The van der Waals surface area contributed by atoms with Crippen LogP contribution in [0.3, 0.4) is 0 Å². The minimum Gasteiger partial charge on any atom is -0.481 e. The first-order chi connectivity index (χ1) is 10.7. The van der Waals surface area contributed by atoms with Crippen LogP contribution in [0.1, 0.15) is 25.7 Å². The number of alkyl halides is 2. The zero-order valence-corrected chi connectivity index (χ0v) is 12.3. The van der Waals surface area contributed by atoms with Gasteiger partial charge in [0.2, 0.25) is 11.8 Å². The number of hydrogen-bond acceptors (Lipinski definition) is 2. The van der Waals surface area contributed by atoms with Gasteiger partial charge in [-0.2, -0.15) is 0 Å². The molecular formula is C16H16F3NO3. The predicted molar refractivity (Wildman–Crippen MR) is 75.7 cm³/mol. The van der Waals surface area contributed by atoms with Gasteiger partial charge in [-0.1, -0.05) is 6.07 Å². The van der Waals surface area contributed by atoms with E-state index >= 15 is 0 Å². The third-order valence-corrected chi connectivity index (χ3v) is 4.76. The zero-order valence-electron chi connectivity index (χ0n) is 12.3. The maximum absolute atomic E-state index is 14.0. The van der Waals surface area contributed by atoms with Crippen LogP contribution < -0.4 is 4.90 Å². The summed E-state index contributed by atoms with van der Waals surface area (Å²) in [7, 11) is 0. The third kappa shape index (κ3) is 2.80. The molecule has 1 saturated carbocycles. The number of benzene rings is 1. The van der Waals surface area contributed by atoms with E-state index in [0.29, 0.717) is 5.69 Å². The van der Waals surface area contributed by atoms with Crippen LogP contribution in [0.15, 0.2) is 24.3 Å². The molecule has 124 valence electrons. The summed E-state index contributed by atoms with van der Waals surface area (Å²) < 4.78 is 41.3. The van der Waals surface area contributed by atoms with Gasteiger partial charge in [0.1, 0.15) is 5.82 Å². The van der Waals surface area contributed by atoms with Crippen molar-refractivity contribution in [3.05, 3.63) is 30.1 Å². The lowest BCUT2D eigenvalue weighted by atomic mass is 9.67. The Morgan fingerprint density at radius 2 is 2.04 bits per heavy atom. The highest BCUT2D eigenvalue weighted by atomic mass is 19.3. The highest BCUT2D eigenvalue weighted by Crippen LogP contribution is 2.53. The largest absolute Gasteiger partial charge is 0.481 e. The van der Waals surface area contributed by atoms with E-state index in [4.69, 9.17) is 5.11 Å². The molecule has 4 nitrogen and oxygen atoms in total. The summed E-state index contributed by atoms with van der Waals surface area (Å²) in [5.41, 5.74) is -1.07. The van der Waals surface area contributed by atoms with Crippen molar-refractivity contribution in [2.45, 2.75) is 31.6 Å². The second-order valence-corrected chi connectivity index (χ2v) is 6.44. The van der Waals surface area contributed by atoms with Gasteiger partial charge in [0, 0.05) is 25.1 Å². The number of carbonyl (C=O) groups excluding carboxylic acids is 1. The molecule has 23 heavy (non-hydrogen) atoms. The number of anilines is 1. The van der Waals surface area contributed by atoms with Crippen molar-refractivity contribution < 1.29 is 27.9 Å². The normalized spacial score (nSPS) is 30.0. The van der Waals surface area contributed by atoms with Crippen LogP contribution in [0.5, 0.6) is 0 Å². The number of amides is 1. The van der Waals surface area contributed by atoms with Gasteiger partial charge in [0.25, 0.3) is 0 Å². The summed E-state index contributed by atoms with van der Waals surface area (Å²) in [6.45, 7) is 0.185. The fourth-order valence-electron chi connectivity index (χ4n) is 3.78. The van der Waals surface area contributed by atoms with Gasteiger partial charge in [-0.15, -0.1) is 0 Å². The lowest BCUT2D eigenvalue weighted by Crippen LogP contribution is -2.46. The van der Waals surface area contributed by atoms with Gasteiger partial charge in [-0.3, -0.25) is 9.59 Å². The summed E-state index contributed by atoms with van der Waals surface area (Å²) in [4.78, 5) is 25.2.